The summed E-state index contributed by atoms with van der Waals surface area (Å²) in [4.78, 5) is 25.9. The molecule has 2 heterocycles. The normalized spacial score (nSPS) is 29.6. The van der Waals surface area contributed by atoms with E-state index in [4.69, 9.17) is 9.15 Å². The summed E-state index contributed by atoms with van der Waals surface area (Å²) in [7, 11) is 0. The minimum Gasteiger partial charge on any atom is -0.454 e. The van der Waals surface area contributed by atoms with Crippen LogP contribution in [0.1, 0.15) is 60.2 Å². The van der Waals surface area contributed by atoms with Crippen molar-refractivity contribution < 1.29 is 18.7 Å². The van der Waals surface area contributed by atoms with E-state index in [-0.39, 0.29) is 34.8 Å². The summed E-state index contributed by atoms with van der Waals surface area (Å²) >= 11 is 0. The molecule has 0 atom stereocenters. The van der Waals surface area contributed by atoms with E-state index in [1.54, 1.807) is 36.0 Å². The quantitative estimate of drug-likeness (QED) is 0.712. The third-order valence-electron chi connectivity index (χ3n) is 7.18. The maximum absolute atomic E-state index is 13.1. The predicted octanol–water partition coefficient (Wildman–Crippen LogP) is 4.19. The Labute approximate surface area is 169 Å². The van der Waals surface area contributed by atoms with E-state index in [2.05, 4.69) is 6.07 Å². The first-order chi connectivity index (χ1) is 14.0. The smallest absolute Gasteiger partial charge is 0.343 e. The van der Waals surface area contributed by atoms with E-state index in [9.17, 15) is 14.9 Å². The Kier molecular flexibility index (Phi) is 4.16. The first-order valence-electron chi connectivity index (χ1n) is 10.4. The zero-order chi connectivity index (χ0) is 20.2. The van der Waals surface area contributed by atoms with Crippen molar-refractivity contribution in [2.75, 3.05) is 6.61 Å². The van der Waals surface area contributed by atoms with Crippen LogP contribution in [-0.2, 0) is 9.53 Å². The average molecular weight is 392 g/mol. The highest BCUT2D eigenvalue weighted by atomic mass is 16.5. The molecule has 0 N–H and O–H groups in total. The third kappa shape index (κ3) is 2.91. The molecule has 2 aromatic heterocycles. The zero-order valence-electron chi connectivity index (χ0n) is 16.5. The number of ether oxygens (including phenoxy) is 1. The molecule has 150 valence electrons. The van der Waals surface area contributed by atoms with Crippen molar-refractivity contribution in [3.8, 4) is 12.0 Å². The van der Waals surface area contributed by atoms with Gasteiger partial charge in [-0.05, 0) is 75.3 Å². The molecule has 6 heteroatoms. The van der Waals surface area contributed by atoms with Gasteiger partial charge in [-0.1, -0.05) is 0 Å². The molecule has 0 amide bonds. The second kappa shape index (κ2) is 6.62. The molecule has 4 aliphatic rings. The minimum atomic E-state index is -0.667. The van der Waals surface area contributed by atoms with E-state index in [1.807, 2.05) is 0 Å². The lowest BCUT2D eigenvalue weighted by Crippen LogP contribution is -2.51. The number of Topliss-reactive ketones (excluding diaryl/α,β-unsaturated/α-hetero) is 1. The van der Waals surface area contributed by atoms with Crippen molar-refractivity contribution in [3.05, 3.63) is 41.4 Å². The number of carbonyl (C=O) groups is 2. The molecule has 4 aliphatic carbocycles. The van der Waals surface area contributed by atoms with Crippen LogP contribution in [0.25, 0.3) is 5.88 Å². The second-order valence-corrected chi connectivity index (χ2v) is 9.11. The first kappa shape index (κ1) is 18.2. The Morgan fingerprint density at radius 1 is 1.17 bits per heavy atom. The molecule has 0 radical (unpaired) electrons. The van der Waals surface area contributed by atoms with Gasteiger partial charge >= 0.3 is 5.97 Å². The van der Waals surface area contributed by atoms with Crippen molar-refractivity contribution in [1.82, 2.24) is 4.57 Å². The molecular weight excluding hydrogens is 368 g/mol. The number of aromatic nitrogens is 1. The van der Waals surface area contributed by atoms with Gasteiger partial charge in [-0.3, -0.25) is 9.36 Å². The highest BCUT2D eigenvalue weighted by molar-refractivity contribution is 5.96. The Bertz CT molecular complexity index is 973. The summed E-state index contributed by atoms with van der Waals surface area (Å²) in [5.41, 5.74) is -0.0603. The molecule has 0 spiro atoms. The molecule has 4 saturated carbocycles. The van der Waals surface area contributed by atoms with E-state index < -0.39 is 5.97 Å². The van der Waals surface area contributed by atoms with Gasteiger partial charge < -0.3 is 9.15 Å². The number of hydrogen-bond donors (Lipinski definition) is 0. The van der Waals surface area contributed by atoms with Crippen molar-refractivity contribution in [1.29, 1.82) is 5.26 Å². The maximum Gasteiger partial charge on any atom is 0.343 e. The number of furan rings is 1. The van der Waals surface area contributed by atoms with Crippen molar-refractivity contribution >= 4 is 11.8 Å². The number of aryl methyl sites for hydroxylation is 1. The lowest BCUT2D eigenvalue weighted by atomic mass is 9.48. The highest BCUT2D eigenvalue weighted by Crippen LogP contribution is 2.60. The summed E-state index contributed by atoms with van der Waals surface area (Å²) in [6.45, 7) is 1.41. The van der Waals surface area contributed by atoms with Gasteiger partial charge in [0.05, 0.1) is 0 Å². The van der Waals surface area contributed by atoms with Crippen LogP contribution in [-0.4, -0.2) is 22.9 Å². The van der Waals surface area contributed by atoms with Crippen molar-refractivity contribution in [3.63, 3.8) is 0 Å². The first-order valence-corrected chi connectivity index (χ1v) is 10.4. The highest BCUT2D eigenvalue weighted by Gasteiger charge is 2.54. The molecule has 6 nitrogen and oxygen atoms in total. The summed E-state index contributed by atoms with van der Waals surface area (Å²) in [6, 6.07) is 5.66. The van der Waals surface area contributed by atoms with E-state index >= 15 is 0 Å². The number of nitriles is 1. The number of rotatable bonds is 5. The van der Waals surface area contributed by atoms with Crippen LogP contribution >= 0.6 is 0 Å². The summed E-state index contributed by atoms with van der Waals surface area (Å²) in [6.07, 6.45) is 10.1. The second-order valence-electron chi connectivity index (χ2n) is 9.11. The molecule has 0 saturated heterocycles. The molecule has 4 bridgehead atoms. The Balaban J connectivity index is 1.33. The summed E-state index contributed by atoms with van der Waals surface area (Å²) in [5, 5.41) is 9.59. The van der Waals surface area contributed by atoms with Gasteiger partial charge in [0.1, 0.15) is 23.0 Å². The van der Waals surface area contributed by atoms with Crippen LogP contribution in [0.4, 0.5) is 0 Å². The van der Waals surface area contributed by atoms with Crippen LogP contribution < -0.4 is 0 Å². The fraction of sp³-hybridized carbons (Fsp3) is 0.522. The number of hydrogen-bond acceptors (Lipinski definition) is 5. The van der Waals surface area contributed by atoms with Gasteiger partial charge in [0, 0.05) is 17.8 Å². The van der Waals surface area contributed by atoms with E-state index in [1.165, 1.54) is 19.3 Å². The molecule has 6 rings (SSSR count). The van der Waals surface area contributed by atoms with Crippen LogP contribution in [0.3, 0.4) is 0 Å². The standard InChI is InChI=1S/C23H24N2O4/c1-14-20(18(12-24)21(29-14)25-4-2-3-5-25)22(27)28-13-19(26)23-9-15-6-16(10-23)8-17(7-15)11-23/h2-5,15-17H,6-11,13H2,1H3. The van der Waals surface area contributed by atoms with Gasteiger partial charge in [0.2, 0.25) is 5.88 Å². The lowest BCUT2D eigenvalue weighted by molar-refractivity contribution is -0.147. The van der Waals surface area contributed by atoms with Gasteiger partial charge in [-0.15, -0.1) is 0 Å². The van der Waals surface area contributed by atoms with E-state index in [0.29, 0.717) is 23.5 Å². The fourth-order valence-corrected chi connectivity index (χ4v) is 6.34. The molecule has 0 aliphatic heterocycles. The number of carbonyl (C=O) groups excluding carboxylic acids is 2. The number of ketones is 1. The Hall–Kier alpha value is -2.81. The topological polar surface area (TPSA) is 85.2 Å². The summed E-state index contributed by atoms with van der Waals surface area (Å²) in [5.74, 6) is 1.96. The molecule has 0 aromatic carbocycles. The van der Waals surface area contributed by atoms with Crippen LogP contribution in [0.15, 0.2) is 28.9 Å². The fourth-order valence-electron chi connectivity index (χ4n) is 6.34. The van der Waals surface area contributed by atoms with E-state index in [0.717, 1.165) is 19.3 Å². The van der Waals surface area contributed by atoms with Crippen LogP contribution in [0.5, 0.6) is 0 Å². The maximum atomic E-state index is 13.1. The minimum absolute atomic E-state index is 0.0511. The van der Waals surface area contributed by atoms with Crippen molar-refractivity contribution in [2.24, 2.45) is 23.2 Å². The molecule has 29 heavy (non-hydrogen) atoms. The summed E-state index contributed by atoms with van der Waals surface area (Å²) < 4.78 is 12.7. The largest absolute Gasteiger partial charge is 0.454 e. The van der Waals surface area contributed by atoms with Gasteiger partial charge in [0.15, 0.2) is 12.4 Å². The van der Waals surface area contributed by atoms with Gasteiger partial charge in [-0.25, -0.2) is 4.79 Å². The van der Waals surface area contributed by atoms with Crippen LogP contribution in [0.2, 0.25) is 0 Å². The predicted molar refractivity (Wildman–Crippen MR) is 103 cm³/mol. The van der Waals surface area contributed by atoms with Gasteiger partial charge in [0.25, 0.3) is 0 Å². The monoisotopic (exact) mass is 392 g/mol. The molecule has 2 aromatic rings. The zero-order valence-corrected chi connectivity index (χ0v) is 16.5. The Morgan fingerprint density at radius 3 is 2.31 bits per heavy atom. The molecule has 0 unspecified atom stereocenters. The van der Waals surface area contributed by atoms with Crippen LogP contribution in [0, 0.1) is 41.4 Å². The Morgan fingerprint density at radius 2 is 1.76 bits per heavy atom. The SMILES string of the molecule is Cc1oc(-n2cccc2)c(C#N)c1C(=O)OCC(=O)C12CC3CC(CC(C3)C1)C2. The number of nitrogens with zero attached hydrogens (tertiary/aromatic N) is 2. The van der Waals surface area contributed by atoms with Crippen molar-refractivity contribution in [2.45, 2.75) is 45.4 Å². The lowest BCUT2D eigenvalue weighted by Gasteiger charge is -2.55. The van der Waals surface area contributed by atoms with Gasteiger partial charge in [-0.2, -0.15) is 5.26 Å². The average Bonchev–Trinajstić information content (AvgIpc) is 3.32. The number of esters is 1. The molecular formula is C23H24N2O4. The molecule has 4 fully saturated rings. The third-order valence-corrected chi connectivity index (χ3v) is 7.18.